The molecule has 2 aromatic carbocycles. The number of aliphatic hydroxyl groups excluding tert-OH is 1. The molecule has 0 spiro atoms. The van der Waals surface area contributed by atoms with Crippen LogP contribution in [0.1, 0.15) is 43.7 Å². The highest BCUT2D eigenvalue weighted by molar-refractivity contribution is 6.31. The number of carbonyl (C=O) groups excluding carboxylic acids is 2. The first-order valence-corrected chi connectivity index (χ1v) is 13.2. The van der Waals surface area contributed by atoms with Crippen LogP contribution in [0.2, 0.25) is 10.0 Å². The van der Waals surface area contributed by atoms with E-state index in [0.717, 1.165) is 6.07 Å². The lowest BCUT2D eigenvalue weighted by Gasteiger charge is -2.38. The molecule has 40 heavy (non-hydrogen) atoms. The fraction of sp³-hybridized carbons (Fsp3) is 0.464. The van der Waals surface area contributed by atoms with Gasteiger partial charge >= 0.3 is 5.97 Å². The number of methoxy groups -OCH3 is 1. The Morgan fingerprint density at radius 1 is 1.27 bits per heavy atom. The molecule has 8 nitrogen and oxygen atoms in total. The van der Waals surface area contributed by atoms with E-state index in [-0.39, 0.29) is 34.2 Å². The first kappa shape index (κ1) is 31.7. The number of nitrogens with zero attached hydrogens (tertiary/aromatic N) is 1. The van der Waals surface area contributed by atoms with Gasteiger partial charge in [0, 0.05) is 29.7 Å². The average molecular weight is 598 g/mol. The van der Waals surface area contributed by atoms with Crippen LogP contribution in [0.3, 0.4) is 0 Å². The van der Waals surface area contributed by atoms with E-state index in [9.17, 15) is 20.0 Å². The molecule has 0 unspecified atom stereocenters. The van der Waals surface area contributed by atoms with Gasteiger partial charge in [0.25, 0.3) is 0 Å². The Bertz CT molecular complexity index is 1310. The van der Waals surface area contributed by atoms with Gasteiger partial charge in [0.05, 0.1) is 30.2 Å². The van der Waals surface area contributed by atoms with Gasteiger partial charge in [0.2, 0.25) is 5.91 Å². The summed E-state index contributed by atoms with van der Waals surface area (Å²) in [6, 6.07) is 7.87. The van der Waals surface area contributed by atoms with Crippen molar-refractivity contribution in [1.82, 2.24) is 5.32 Å². The zero-order chi connectivity index (χ0) is 29.8. The molecule has 1 aliphatic heterocycles. The number of carbonyl (C=O) groups is 2. The van der Waals surface area contributed by atoms with Crippen molar-refractivity contribution in [3.05, 3.63) is 69.2 Å². The molecule has 1 fully saturated rings. The van der Waals surface area contributed by atoms with Crippen LogP contribution in [0, 0.1) is 28.4 Å². The molecule has 1 amide bonds. The zero-order valence-electron chi connectivity index (χ0n) is 22.2. The van der Waals surface area contributed by atoms with Crippen LogP contribution >= 0.6 is 23.2 Å². The van der Waals surface area contributed by atoms with Crippen molar-refractivity contribution < 1.29 is 33.0 Å². The predicted molar refractivity (Wildman–Crippen MR) is 145 cm³/mol. The van der Waals surface area contributed by atoms with Crippen molar-refractivity contribution in [2.45, 2.75) is 56.2 Å². The maximum absolute atomic E-state index is 15.7. The van der Waals surface area contributed by atoms with E-state index in [2.05, 4.69) is 11.4 Å². The van der Waals surface area contributed by atoms with Gasteiger partial charge in [0.15, 0.2) is 0 Å². The summed E-state index contributed by atoms with van der Waals surface area (Å²) >= 11 is 12.1. The highest BCUT2D eigenvalue weighted by Gasteiger charge is 2.61. The van der Waals surface area contributed by atoms with Crippen LogP contribution in [-0.4, -0.2) is 55.5 Å². The van der Waals surface area contributed by atoms with Gasteiger partial charge in [-0.05, 0) is 35.6 Å². The molecule has 216 valence electrons. The molecule has 3 rings (SSSR count). The quantitative estimate of drug-likeness (QED) is 0.333. The van der Waals surface area contributed by atoms with Gasteiger partial charge < -0.3 is 20.3 Å². The molecule has 2 aromatic rings. The summed E-state index contributed by atoms with van der Waals surface area (Å²) in [5.41, 5.74) is 2.45. The van der Waals surface area contributed by atoms with Crippen molar-refractivity contribution in [2.75, 3.05) is 20.3 Å². The number of amides is 1. The van der Waals surface area contributed by atoms with E-state index in [1.165, 1.54) is 37.4 Å². The normalized spacial score (nSPS) is 23.4. The minimum absolute atomic E-state index is 0.0847. The number of nitrogens with two attached hydrogens (primary N) is 1. The largest absolute Gasteiger partial charge is 0.462 e. The summed E-state index contributed by atoms with van der Waals surface area (Å²) < 4.78 is 41.9. The number of hydrogen-bond acceptors (Lipinski definition) is 7. The zero-order valence-corrected chi connectivity index (χ0v) is 23.7. The molecule has 5 atom stereocenters. The minimum atomic E-state index is -1.86. The fourth-order valence-corrected chi connectivity index (χ4v) is 5.82. The van der Waals surface area contributed by atoms with Crippen LogP contribution < -0.4 is 11.1 Å². The maximum atomic E-state index is 15.7. The fourth-order valence-electron chi connectivity index (χ4n) is 5.48. The van der Waals surface area contributed by atoms with Crippen molar-refractivity contribution in [2.24, 2.45) is 11.1 Å². The second-order valence-corrected chi connectivity index (χ2v) is 11.5. The van der Waals surface area contributed by atoms with E-state index in [0.29, 0.717) is 0 Å². The van der Waals surface area contributed by atoms with E-state index in [1.807, 2.05) is 13.8 Å². The highest BCUT2D eigenvalue weighted by Crippen LogP contribution is 2.53. The van der Waals surface area contributed by atoms with Crippen molar-refractivity contribution in [3.8, 4) is 6.07 Å². The number of benzene rings is 2. The first-order valence-electron chi connectivity index (χ1n) is 12.5. The number of primary amides is 1. The second kappa shape index (κ2) is 12.8. The topological polar surface area (TPSA) is 135 Å². The number of hydrogen-bond donors (Lipinski definition) is 3. The van der Waals surface area contributed by atoms with Gasteiger partial charge in [-0.15, -0.1) is 0 Å². The molecule has 0 aromatic heterocycles. The summed E-state index contributed by atoms with van der Waals surface area (Å²) in [6.07, 6.45) is -1.64. The van der Waals surface area contributed by atoms with Gasteiger partial charge in [-0.1, -0.05) is 55.2 Å². The maximum Gasteiger partial charge on any atom is 0.323 e. The van der Waals surface area contributed by atoms with Crippen LogP contribution in [-0.2, 0) is 24.5 Å². The minimum Gasteiger partial charge on any atom is -0.462 e. The third kappa shape index (κ3) is 6.56. The number of esters is 1. The monoisotopic (exact) mass is 597 g/mol. The van der Waals surface area contributed by atoms with Gasteiger partial charge in [0.1, 0.15) is 29.7 Å². The molecule has 0 aliphatic carbocycles. The SMILES string of the molecule is COCC(C)(C)C[C@H]1N[C@H](C(=O)OC[C@@H](O)CC(N)=O)[C@@H](c2cccc(Cl)c2F)[C@]1(C#N)c1ccc(Cl)cc1F. The Labute approximate surface area is 241 Å². The molecular weight excluding hydrogens is 567 g/mol. The molecular formula is C28H31Cl2F2N3O5. The predicted octanol–water partition coefficient (Wildman–Crippen LogP) is 4.00. The molecule has 0 bridgehead atoms. The summed E-state index contributed by atoms with van der Waals surface area (Å²) in [5, 5.41) is 23.8. The van der Waals surface area contributed by atoms with Crippen molar-refractivity contribution in [1.29, 1.82) is 5.26 Å². The van der Waals surface area contributed by atoms with Crippen LogP contribution in [0.25, 0.3) is 0 Å². The number of aliphatic hydroxyl groups is 1. The Kier molecular flexibility index (Phi) is 10.1. The molecule has 1 saturated heterocycles. The van der Waals surface area contributed by atoms with Crippen molar-refractivity contribution >= 4 is 35.1 Å². The Hall–Kier alpha value is -2.81. The second-order valence-electron chi connectivity index (χ2n) is 10.7. The molecule has 4 N–H and O–H groups in total. The molecule has 1 aliphatic rings. The lowest BCUT2D eigenvalue weighted by atomic mass is 9.62. The Morgan fingerprint density at radius 3 is 2.58 bits per heavy atom. The smallest absolute Gasteiger partial charge is 0.323 e. The standard InChI is InChI=1S/C28H31Cl2F2N3O5/c1-27(2,14-39-3)11-21-28(13-33,18-8-7-15(29)9-20(18)31)23(17-5-4-6-19(30)24(17)32)25(35-21)26(38)40-12-16(36)10-22(34)37/h4-9,16,21,23,25,35-36H,10-12,14H2,1-3H3,(H2,34,37)/t16-,21+,23+,25-,28+/m0/s1. The van der Waals surface area contributed by atoms with Crippen LogP contribution in [0.4, 0.5) is 8.78 Å². The van der Waals surface area contributed by atoms with E-state index < -0.39 is 71.5 Å². The number of rotatable bonds is 11. The number of ether oxygens (including phenoxy) is 2. The Balaban J connectivity index is 2.24. The molecule has 1 heterocycles. The van der Waals surface area contributed by atoms with Crippen LogP contribution in [0.5, 0.6) is 0 Å². The van der Waals surface area contributed by atoms with Gasteiger partial charge in [-0.25, -0.2) is 8.78 Å². The summed E-state index contributed by atoms with van der Waals surface area (Å²) in [5.74, 6) is -4.79. The average Bonchev–Trinajstić information content (AvgIpc) is 3.17. The molecule has 12 heteroatoms. The van der Waals surface area contributed by atoms with Gasteiger partial charge in [-0.3, -0.25) is 14.9 Å². The summed E-state index contributed by atoms with van der Waals surface area (Å²) in [4.78, 5) is 24.7. The van der Waals surface area contributed by atoms with Crippen LogP contribution in [0.15, 0.2) is 36.4 Å². The van der Waals surface area contributed by atoms with Crippen molar-refractivity contribution in [3.63, 3.8) is 0 Å². The number of nitrogens with one attached hydrogen (secondary N) is 1. The number of halogens is 4. The highest BCUT2D eigenvalue weighted by atomic mass is 35.5. The molecule has 0 radical (unpaired) electrons. The number of nitriles is 1. The third-order valence-electron chi connectivity index (χ3n) is 7.03. The first-order chi connectivity index (χ1) is 18.8. The van der Waals surface area contributed by atoms with Gasteiger partial charge in [-0.2, -0.15) is 5.26 Å². The van der Waals surface area contributed by atoms with E-state index in [4.69, 9.17) is 38.4 Å². The Morgan fingerprint density at radius 2 is 1.98 bits per heavy atom. The van der Waals surface area contributed by atoms with E-state index >= 15 is 8.78 Å². The summed E-state index contributed by atoms with van der Waals surface area (Å²) in [7, 11) is 1.52. The lowest BCUT2D eigenvalue weighted by molar-refractivity contribution is -0.150. The van der Waals surface area contributed by atoms with E-state index in [1.54, 1.807) is 0 Å². The third-order valence-corrected chi connectivity index (χ3v) is 7.56. The molecule has 0 saturated carbocycles. The lowest BCUT2D eigenvalue weighted by Crippen LogP contribution is -2.46. The summed E-state index contributed by atoms with van der Waals surface area (Å²) in [6.45, 7) is 3.43.